The van der Waals surface area contributed by atoms with Crippen LogP contribution in [0.2, 0.25) is 0 Å². The van der Waals surface area contributed by atoms with Crippen LogP contribution in [0.3, 0.4) is 0 Å². The van der Waals surface area contributed by atoms with Gasteiger partial charge in [0.25, 0.3) is 0 Å². The molecular weight excluding hydrogens is 400 g/mol. The molecule has 4 aliphatic rings. The minimum atomic E-state index is -1.19. The van der Waals surface area contributed by atoms with Crippen LogP contribution in [0.25, 0.3) is 5.57 Å². The minimum Gasteiger partial charge on any atom is -0.375 e. The van der Waals surface area contributed by atoms with Crippen molar-refractivity contribution in [1.82, 2.24) is 0 Å². The van der Waals surface area contributed by atoms with Crippen molar-refractivity contribution in [2.75, 3.05) is 11.9 Å². The van der Waals surface area contributed by atoms with Crippen LogP contribution in [0.5, 0.6) is 0 Å². The third-order valence-corrected chi connectivity index (χ3v) is 9.97. The van der Waals surface area contributed by atoms with Crippen LogP contribution in [-0.4, -0.2) is 17.8 Å². The molecule has 1 aliphatic heterocycles. The first-order valence-electron chi connectivity index (χ1n) is 11.4. The van der Waals surface area contributed by atoms with E-state index in [2.05, 4.69) is 68.3 Å². The van der Waals surface area contributed by atoms with Crippen LogP contribution >= 0.6 is 11.8 Å². The van der Waals surface area contributed by atoms with E-state index in [4.69, 9.17) is 0 Å². The molecule has 2 aromatic rings. The molecule has 1 fully saturated rings. The van der Waals surface area contributed by atoms with Crippen molar-refractivity contribution in [1.29, 1.82) is 5.26 Å². The van der Waals surface area contributed by atoms with E-state index in [-0.39, 0.29) is 5.41 Å². The molecule has 0 spiro atoms. The quantitative estimate of drug-likeness (QED) is 0.504. The molecule has 1 heterocycles. The Labute approximate surface area is 188 Å². The number of nitriles is 1. The average Bonchev–Trinajstić information content (AvgIpc) is 3.06. The molecule has 0 saturated heterocycles. The number of nitrogens with zero attached hydrogens (tertiary/aromatic N) is 2. The highest BCUT2D eigenvalue weighted by molar-refractivity contribution is 7.99. The summed E-state index contributed by atoms with van der Waals surface area (Å²) in [4.78, 5) is 5.08. The van der Waals surface area contributed by atoms with Crippen LogP contribution in [0.1, 0.15) is 49.3 Å². The Morgan fingerprint density at radius 3 is 2.84 bits per heavy atom. The van der Waals surface area contributed by atoms with Crippen molar-refractivity contribution in [3.8, 4) is 6.07 Å². The summed E-state index contributed by atoms with van der Waals surface area (Å²) >= 11 is 1.92. The number of allylic oxidation sites excluding steroid dienone is 2. The van der Waals surface area contributed by atoms with Gasteiger partial charge in [-0.2, -0.15) is 5.26 Å². The van der Waals surface area contributed by atoms with Crippen molar-refractivity contribution < 1.29 is 5.11 Å². The summed E-state index contributed by atoms with van der Waals surface area (Å²) in [6.45, 7) is 4.41. The molecule has 0 unspecified atom stereocenters. The molecule has 4 heteroatoms. The highest BCUT2D eigenvalue weighted by Gasteiger charge is 2.60. The lowest BCUT2D eigenvalue weighted by Gasteiger charge is -2.48. The molecule has 158 valence electrons. The molecule has 3 nitrogen and oxygen atoms in total. The van der Waals surface area contributed by atoms with Crippen molar-refractivity contribution in [2.24, 2.45) is 17.3 Å². The first-order chi connectivity index (χ1) is 14.9. The zero-order chi connectivity index (χ0) is 21.5. The van der Waals surface area contributed by atoms with E-state index >= 15 is 0 Å². The first-order valence-corrected chi connectivity index (χ1v) is 12.2. The third-order valence-electron chi connectivity index (χ3n) is 8.75. The lowest BCUT2D eigenvalue weighted by Crippen LogP contribution is -2.47. The van der Waals surface area contributed by atoms with Gasteiger partial charge in [-0.15, -0.1) is 0 Å². The van der Waals surface area contributed by atoms with E-state index in [0.29, 0.717) is 18.3 Å². The minimum absolute atomic E-state index is 0.330. The van der Waals surface area contributed by atoms with Crippen molar-refractivity contribution in [3.05, 3.63) is 53.1 Å². The van der Waals surface area contributed by atoms with Gasteiger partial charge in [0.2, 0.25) is 0 Å². The number of fused-ring (bicyclic) bond motifs is 8. The molecule has 1 N–H and O–H groups in total. The molecule has 0 amide bonds. The fourth-order valence-corrected chi connectivity index (χ4v) is 8.27. The second kappa shape index (κ2) is 6.40. The smallest absolute Gasteiger partial charge is 0.156 e. The second-order valence-corrected chi connectivity index (χ2v) is 11.1. The summed E-state index contributed by atoms with van der Waals surface area (Å²) in [5.41, 5.74) is 6.87. The van der Waals surface area contributed by atoms with Gasteiger partial charge in [-0.05, 0) is 91.3 Å². The summed E-state index contributed by atoms with van der Waals surface area (Å²) in [6, 6.07) is 13.3. The van der Waals surface area contributed by atoms with Gasteiger partial charge >= 0.3 is 0 Å². The molecule has 31 heavy (non-hydrogen) atoms. The van der Waals surface area contributed by atoms with Gasteiger partial charge < -0.3 is 10.0 Å². The normalized spacial score (nSPS) is 32.7. The topological polar surface area (TPSA) is 47.3 Å². The summed E-state index contributed by atoms with van der Waals surface area (Å²) in [5, 5.41) is 20.8. The molecule has 2 aromatic carbocycles. The number of hydrogen-bond donors (Lipinski definition) is 1. The highest BCUT2D eigenvalue weighted by Crippen LogP contribution is 2.63. The SMILES string of the molecule is Cc1cc2c(c3c1C1=CC[C@@]4(C)[C@@H](CC[C@]4(O)C#N)[C@@H]1CC3)Sc1ccccc1N2C. The highest BCUT2D eigenvalue weighted by atomic mass is 32.2. The molecule has 0 aromatic heterocycles. The number of rotatable bonds is 0. The van der Waals surface area contributed by atoms with Crippen molar-refractivity contribution in [3.63, 3.8) is 0 Å². The van der Waals surface area contributed by atoms with Crippen LogP contribution in [-0.2, 0) is 6.42 Å². The Hall–Kier alpha value is -2.22. The molecule has 4 atom stereocenters. The molecule has 6 rings (SSSR count). The Morgan fingerprint density at radius 2 is 2.03 bits per heavy atom. The Morgan fingerprint density at radius 1 is 1.23 bits per heavy atom. The maximum atomic E-state index is 11.1. The number of aliphatic hydroxyl groups is 1. The fourth-order valence-electron chi connectivity index (χ4n) is 6.97. The van der Waals surface area contributed by atoms with E-state index in [1.165, 1.54) is 43.4 Å². The lowest BCUT2D eigenvalue weighted by atomic mass is 9.57. The predicted octanol–water partition coefficient (Wildman–Crippen LogP) is 6.25. The van der Waals surface area contributed by atoms with Crippen molar-refractivity contribution >= 4 is 28.7 Å². The lowest BCUT2D eigenvalue weighted by molar-refractivity contribution is -0.0316. The van der Waals surface area contributed by atoms with Gasteiger partial charge in [0, 0.05) is 22.3 Å². The van der Waals surface area contributed by atoms with Crippen LogP contribution in [0.4, 0.5) is 11.4 Å². The van der Waals surface area contributed by atoms with Gasteiger partial charge in [-0.3, -0.25) is 0 Å². The molecule has 3 aliphatic carbocycles. The number of aryl methyl sites for hydroxylation is 1. The Kier molecular flexibility index (Phi) is 4.02. The van der Waals surface area contributed by atoms with Crippen LogP contribution in [0.15, 0.2) is 46.2 Å². The monoisotopic (exact) mass is 428 g/mol. The average molecular weight is 429 g/mol. The summed E-state index contributed by atoms with van der Waals surface area (Å²) in [6.07, 6.45) is 6.91. The Balaban J connectivity index is 1.49. The number of anilines is 2. The molecule has 0 radical (unpaired) electrons. The molecular formula is C27H28N2OS. The first kappa shape index (κ1) is 19.5. The standard InChI is InChI=1S/C27H28N2OS/c1-16-14-22-25(31-23-7-5-4-6-21(23)29(22)3)19-9-8-17-18(24(16)19)10-12-26(2)20(17)11-13-27(26,30)15-28/h4-7,10,14,17,20,30H,8-9,11-13H2,1-3H3/t17-,20+,26+,27+/m1/s1. The second-order valence-electron chi connectivity index (χ2n) is 10.1. The largest absolute Gasteiger partial charge is 0.375 e. The van der Waals surface area contributed by atoms with Gasteiger partial charge in [0.05, 0.1) is 17.4 Å². The summed E-state index contributed by atoms with van der Waals surface area (Å²) in [7, 11) is 2.18. The zero-order valence-electron chi connectivity index (χ0n) is 18.4. The van der Waals surface area contributed by atoms with Crippen molar-refractivity contribution in [2.45, 2.75) is 61.3 Å². The maximum absolute atomic E-state index is 11.1. The van der Waals surface area contributed by atoms with E-state index in [1.807, 2.05) is 11.8 Å². The van der Waals surface area contributed by atoms with Gasteiger partial charge in [-0.25, -0.2) is 0 Å². The fraction of sp³-hybridized carbons (Fsp3) is 0.444. The van der Waals surface area contributed by atoms with Gasteiger partial charge in [-0.1, -0.05) is 36.9 Å². The molecule has 1 saturated carbocycles. The third kappa shape index (κ3) is 2.40. The number of para-hydroxylation sites is 1. The van der Waals surface area contributed by atoms with Gasteiger partial charge in [0.1, 0.15) is 0 Å². The number of benzene rings is 2. The Bertz CT molecular complexity index is 1190. The zero-order valence-corrected chi connectivity index (χ0v) is 19.2. The number of hydrogen-bond acceptors (Lipinski definition) is 4. The van der Waals surface area contributed by atoms with E-state index in [9.17, 15) is 10.4 Å². The van der Waals surface area contributed by atoms with Crippen LogP contribution < -0.4 is 4.90 Å². The maximum Gasteiger partial charge on any atom is 0.156 e. The van der Waals surface area contributed by atoms with Crippen LogP contribution in [0, 0.1) is 35.5 Å². The van der Waals surface area contributed by atoms with E-state index < -0.39 is 5.60 Å². The van der Waals surface area contributed by atoms with E-state index in [1.54, 1.807) is 0 Å². The summed E-state index contributed by atoms with van der Waals surface area (Å²) in [5.74, 6) is 0.834. The van der Waals surface area contributed by atoms with Gasteiger partial charge in [0.15, 0.2) is 5.60 Å². The summed E-state index contributed by atoms with van der Waals surface area (Å²) < 4.78 is 0. The van der Waals surface area contributed by atoms with E-state index in [0.717, 1.165) is 25.7 Å². The predicted molar refractivity (Wildman–Crippen MR) is 126 cm³/mol. The molecule has 0 bridgehead atoms.